The van der Waals surface area contributed by atoms with Gasteiger partial charge in [-0.05, 0) is 107 Å². The Kier molecular flexibility index (Phi) is 5.64. The van der Waals surface area contributed by atoms with Crippen LogP contribution < -0.4 is 0 Å². The Morgan fingerprint density at radius 3 is 1.49 bits per heavy atom. The molecule has 1 aromatic heterocycles. The molecule has 9 aromatic carbocycles. The molecule has 0 aliphatic rings. The average Bonchev–Trinajstić information content (AvgIpc) is 3.49. The molecule has 0 aliphatic heterocycles. The number of fused-ring (bicyclic) bond motifs is 7. The zero-order valence-electron chi connectivity index (χ0n) is 25.7. The molecule has 47 heavy (non-hydrogen) atoms. The van der Waals surface area contributed by atoms with Crippen LogP contribution in [-0.4, -0.2) is 4.98 Å². The van der Waals surface area contributed by atoms with Crippen molar-refractivity contribution in [3.8, 4) is 33.4 Å². The van der Waals surface area contributed by atoms with Crippen molar-refractivity contribution in [3.05, 3.63) is 170 Å². The van der Waals surface area contributed by atoms with E-state index in [1.54, 1.807) is 0 Å². The number of rotatable bonds is 3. The number of H-pyrrole nitrogens is 1. The van der Waals surface area contributed by atoms with Gasteiger partial charge < -0.3 is 4.98 Å². The van der Waals surface area contributed by atoms with Gasteiger partial charge in [0.25, 0.3) is 0 Å². The van der Waals surface area contributed by atoms with Gasteiger partial charge in [0.15, 0.2) is 0 Å². The summed E-state index contributed by atoms with van der Waals surface area (Å²) in [6, 6.07) is 62.3. The molecule has 0 bridgehead atoms. The normalized spacial score (nSPS) is 11.8. The molecule has 0 unspecified atom stereocenters. The standard InChI is InChI=1S/C46H29N/c1-2-13-31-28-44-42(26-30(31)12-1)41-27-34(23-24-43(41)47-44)46-39-20-7-5-18-37(39)45(38-19-6-8-21-40(38)46)33-16-9-15-32(25-33)36-22-10-14-29-11-3-4-17-35(29)36/h1-28,47H. The second-order valence-electron chi connectivity index (χ2n) is 12.6. The average molecular weight is 596 g/mol. The van der Waals surface area contributed by atoms with Crippen molar-refractivity contribution in [2.24, 2.45) is 0 Å². The zero-order valence-corrected chi connectivity index (χ0v) is 25.7. The monoisotopic (exact) mass is 595 g/mol. The first-order chi connectivity index (χ1) is 23.3. The summed E-state index contributed by atoms with van der Waals surface area (Å²) in [5.74, 6) is 0. The Hall–Kier alpha value is -6.18. The predicted molar refractivity (Wildman–Crippen MR) is 202 cm³/mol. The summed E-state index contributed by atoms with van der Waals surface area (Å²) in [7, 11) is 0. The molecule has 0 atom stereocenters. The van der Waals surface area contributed by atoms with Crippen LogP contribution in [0, 0.1) is 0 Å². The highest BCUT2D eigenvalue weighted by Crippen LogP contribution is 2.45. The minimum absolute atomic E-state index is 1.16. The van der Waals surface area contributed by atoms with E-state index in [1.807, 2.05) is 0 Å². The third-order valence-electron chi connectivity index (χ3n) is 9.94. The van der Waals surface area contributed by atoms with Crippen LogP contribution in [0.4, 0.5) is 0 Å². The Balaban J connectivity index is 1.23. The fourth-order valence-electron chi connectivity index (χ4n) is 7.81. The van der Waals surface area contributed by atoms with Crippen LogP contribution in [0.1, 0.15) is 0 Å². The van der Waals surface area contributed by atoms with Gasteiger partial charge in [0.2, 0.25) is 0 Å². The van der Waals surface area contributed by atoms with Crippen molar-refractivity contribution in [3.63, 3.8) is 0 Å². The lowest BCUT2D eigenvalue weighted by Gasteiger charge is -2.18. The highest BCUT2D eigenvalue weighted by atomic mass is 14.7. The van der Waals surface area contributed by atoms with Crippen LogP contribution in [0.5, 0.6) is 0 Å². The molecule has 10 rings (SSSR count). The van der Waals surface area contributed by atoms with Gasteiger partial charge in [0, 0.05) is 21.8 Å². The maximum atomic E-state index is 3.68. The number of aromatic amines is 1. The molecule has 10 aromatic rings. The highest BCUT2D eigenvalue weighted by Gasteiger charge is 2.18. The predicted octanol–water partition coefficient (Wildman–Crippen LogP) is 12.9. The summed E-state index contributed by atoms with van der Waals surface area (Å²) >= 11 is 0. The third-order valence-corrected chi connectivity index (χ3v) is 9.94. The van der Waals surface area contributed by atoms with Gasteiger partial charge in [-0.15, -0.1) is 0 Å². The summed E-state index contributed by atoms with van der Waals surface area (Å²) < 4.78 is 0. The third kappa shape index (κ3) is 4.03. The second-order valence-corrected chi connectivity index (χ2v) is 12.6. The van der Waals surface area contributed by atoms with E-state index in [2.05, 4.69) is 175 Å². The first kappa shape index (κ1) is 26.1. The van der Waals surface area contributed by atoms with Gasteiger partial charge in [0.1, 0.15) is 0 Å². The van der Waals surface area contributed by atoms with E-state index in [4.69, 9.17) is 0 Å². The first-order valence-electron chi connectivity index (χ1n) is 16.3. The molecule has 0 radical (unpaired) electrons. The number of benzene rings is 9. The first-order valence-corrected chi connectivity index (χ1v) is 16.3. The van der Waals surface area contributed by atoms with Crippen molar-refractivity contribution >= 4 is 64.9 Å². The molecule has 1 N–H and O–H groups in total. The van der Waals surface area contributed by atoms with Crippen LogP contribution in [-0.2, 0) is 0 Å². The molecule has 0 spiro atoms. The quantitative estimate of drug-likeness (QED) is 0.196. The van der Waals surface area contributed by atoms with E-state index in [-0.39, 0.29) is 0 Å². The number of aromatic nitrogens is 1. The fraction of sp³-hybridized carbons (Fsp3) is 0. The summed E-state index contributed by atoms with van der Waals surface area (Å²) in [6.07, 6.45) is 0. The smallest absolute Gasteiger partial charge is 0.0471 e. The van der Waals surface area contributed by atoms with E-state index >= 15 is 0 Å². The summed E-state index contributed by atoms with van der Waals surface area (Å²) in [6.45, 7) is 0. The van der Waals surface area contributed by atoms with E-state index in [9.17, 15) is 0 Å². The molecule has 1 heterocycles. The molecule has 1 heteroatoms. The van der Waals surface area contributed by atoms with E-state index in [1.165, 1.54) is 92.8 Å². The lowest BCUT2D eigenvalue weighted by atomic mass is 9.85. The molecule has 0 saturated carbocycles. The highest BCUT2D eigenvalue weighted by molar-refractivity contribution is 6.22. The Morgan fingerprint density at radius 2 is 0.787 bits per heavy atom. The second kappa shape index (κ2) is 10.2. The molecule has 0 amide bonds. The van der Waals surface area contributed by atoms with Crippen molar-refractivity contribution in [2.45, 2.75) is 0 Å². The van der Waals surface area contributed by atoms with Crippen LogP contribution in [0.25, 0.3) is 98.3 Å². The fourth-order valence-corrected chi connectivity index (χ4v) is 7.81. The number of nitrogens with one attached hydrogen (secondary N) is 1. The van der Waals surface area contributed by atoms with Crippen LogP contribution in [0.2, 0.25) is 0 Å². The Bertz CT molecular complexity index is 2790. The van der Waals surface area contributed by atoms with Gasteiger partial charge in [-0.2, -0.15) is 0 Å². The van der Waals surface area contributed by atoms with Crippen LogP contribution >= 0.6 is 0 Å². The van der Waals surface area contributed by atoms with Gasteiger partial charge >= 0.3 is 0 Å². The van der Waals surface area contributed by atoms with Crippen LogP contribution in [0.3, 0.4) is 0 Å². The molecule has 0 aliphatic carbocycles. The van der Waals surface area contributed by atoms with Crippen molar-refractivity contribution in [2.75, 3.05) is 0 Å². The largest absolute Gasteiger partial charge is 0.354 e. The maximum absolute atomic E-state index is 3.68. The van der Waals surface area contributed by atoms with Crippen molar-refractivity contribution < 1.29 is 0 Å². The zero-order chi connectivity index (χ0) is 30.9. The molecular weight excluding hydrogens is 567 g/mol. The SMILES string of the molecule is c1cc(-c2cccc3ccccc23)cc(-c2c3ccccc3c(-c3ccc4[nH]c5cc6ccccc6cc5c4c3)c3ccccc23)c1. The minimum Gasteiger partial charge on any atom is -0.354 e. The molecule has 0 fully saturated rings. The molecule has 1 nitrogen and oxygen atoms in total. The minimum atomic E-state index is 1.16. The van der Waals surface area contributed by atoms with Crippen molar-refractivity contribution in [1.29, 1.82) is 0 Å². The molecular formula is C46H29N. The molecule has 218 valence electrons. The maximum Gasteiger partial charge on any atom is 0.0471 e. The summed E-state index contributed by atoms with van der Waals surface area (Å²) in [5.41, 5.74) is 9.85. The Labute approximate surface area is 272 Å². The summed E-state index contributed by atoms with van der Waals surface area (Å²) in [4.78, 5) is 3.68. The van der Waals surface area contributed by atoms with E-state index < -0.39 is 0 Å². The van der Waals surface area contributed by atoms with E-state index in [0.29, 0.717) is 0 Å². The molecule has 0 saturated heterocycles. The van der Waals surface area contributed by atoms with Crippen LogP contribution in [0.15, 0.2) is 170 Å². The Morgan fingerprint density at radius 1 is 0.277 bits per heavy atom. The number of hydrogen-bond acceptors (Lipinski definition) is 0. The lowest BCUT2D eigenvalue weighted by Crippen LogP contribution is -1.91. The van der Waals surface area contributed by atoms with Crippen molar-refractivity contribution in [1.82, 2.24) is 4.98 Å². The van der Waals surface area contributed by atoms with Gasteiger partial charge in [0.05, 0.1) is 0 Å². The summed E-state index contributed by atoms with van der Waals surface area (Å²) in [5, 5.41) is 12.6. The number of hydrogen-bond donors (Lipinski definition) is 1. The van der Waals surface area contributed by atoms with Gasteiger partial charge in [-0.1, -0.05) is 140 Å². The van der Waals surface area contributed by atoms with Gasteiger partial charge in [-0.3, -0.25) is 0 Å². The van der Waals surface area contributed by atoms with Gasteiger partial charge in [-0.25, -0.2) is 0 Å². The van der Waals surface area contributed by atoms with E-state index in [0.717, 1.165) is 5.52 Å². The topological polar surface area (TPSA) is 15.8 Å². The lowest BCUT2D eigenvalue weighted by molar-refractivity contribution is 1.55.